The van der Waals surface area contributed by atoms with Gasteiger partial charge in [0.15, 0.2) is 6.10 Å². The predicted molar refractivity (Wildman–Crippen MR) is 108 cm³/mol. The Balaban J connectivity index is 4.95. The number of carboxylic acid groups (broad SMARTS) is 1. The lowest BCUT2D eigenvalue weighted by Gasteiger charge is -2.15. The SMILES string of the molecule is CCCCC=CC(COC=C(CC)CCCC)OC(=O)/C(=C\C(=O)O)CC. The first-order valence-corrected chi connectivity index (χ1v) is 10.1. The summed E-state index contributed by atoms with van der Waals surface area (Å²) in [5, 5.41) is 8.87. The summed E-state index contributed by atoms with van der Waals surface area (Å²) in [7, 11) is 0. The van der Waals surface area contributed by atoms with Crippen LogP contribution in [0.1, 0.15) is 79.1 Å². The second-order valence-corrected chi connectivity index (χ2v) is 6.44. The van der Waals surface area contributed by atoms with Crippen LogP contribution in [0.3, 0.4) is 0 Å². The molecule has 1 atom stereocenters. The fourth-order valence-electron chi connectivity index (χ4n) is 2.35. The van der Waals surface area contributed by atoms with Gasteiger partial charge in [-0.05, 0) is 43.8 Å². The molecule has 0 aliphatic carbocycles. The zero-order valence-corrected chi connectivity index (χ0v) is 17.3. The molecule has 27 heavy (non-hydrogen) atoms. The molecule has 5 heteroatoms. The van der Waals surface area contributed by atoms with Gasteiger partial charge in [-0.1, -0.05) is 53.0 Å². The Morgan fingerprint density at radius 1 is 1.04 bits per heavy atom. The number of ether oxygens (including phenoxy) is 2. The van der Waals surface area contributed by atoms with Crippen LogP contribution in [0.25, 0.3) is 0 Å². The summed E-state index contributed by atoms with van der Waals surface area (Å²) in [5.41, 5.74) is 1.37. The molecule has 1 unspecified atom stereocenters. The molecule has 0 heterocycles. The van der Waals surface area contributed by atoms with E-state index in [4.69, 9.17) is 14.6 Å². The molecule has 5 nitrogen and oxygen atoms in total. The van der Waals surface area contributed by atoms with E-state index < -0.39 is 18.0 Å². The van der Waals surface area contributed by atoms with Gasteiger partial charge < -0.3 is 14.6 Å². The van der Waals surface area contributed by atoms with Gasteiger partial charge in [0.25, 0.3) is 0 Å². The quantitative estimate of drug-likeness (QED) is 0.132. The lowest BCUT2D eigenvalue weighted by molar-refractivity contribution is -0.144. The number of carbonyl (C=O) groups is 2. The molecule has 1 N–H and O–H groups in total. The zero-order chi connectivity index (χ0) is 20.5. The van der Waals surface area contributed by atoms with Crippen LogP contribution in [0, 0.1) is 0 Å². The third-order valence-corrected chi connectivity index (χ3v) is 4.09. The molecular weight excluding hydrogens is 344 g/mol. The van der Waals surface area contributed by atoms with Gasteiger partial charge in [-0.25, -0.2) is 9.59 Å². The summed E-state index contributed by atoms with van der Waals surface area (Å²) in [6.07, 6.45) is 13.5. The minimum atomic E-state index is -1.15. The van der Waals surface area contributed by atoms with Crippen molar-refractivity contribution in [2.45, 2.75) is 85.2 Å². The number of rotatable bonds is 15. The van der Waals surface area contributed by atoms with E-state index in [2.05, 4.69) is 20.8 Å². The Bertz CT molecular complexity index is 517. The number of allylic oxidation sites excluding steroid dienone is 2. The van der Waals surface area contributed by atoms with Gasteiger partial charge in [-0.3, -0.25) is 0 Å². The summed E-state index contributed by atoms with van der Waals surface area (Å²) in [6.45, 7) is 8.31. The Kier molecular flexibility index (Phi) is 14.9. The molecule has 0 saturated heterocycles. The van der Waals surface area contributed by atoms with E-state index in [1.54, 1.807) is 13.2 Å². The van der Waals surface area contributed by atoms with E-state index in [0.717, 1.165) is 51.0 Å². The van der Waals surface area contributed by atoms with E-state index >= 15 is 0 Å². The van der Waals surface area contributed by atoms with Gasteiger partial charge in [0.05, 0.1) is 6.26 Å². The Labute approximate surface area is 164 Å². The maximum absolute atomic E-state index is 12.2. The lowest BCUT2D eigenvalue weighted by Crippen LogP contribution is -2.22. The largest absolute Gasteiger partial charge is 0.497 e. The highest BCUT2D eigenvalue weighted by molar-refractivity contribution is 5.95. The smallest absolute Gasteiger partial charge is 0.334 e. The first-order chi connectivity index (χ1) is 13.0. The summed E-state index contributed by atoms with van der Waals surface area (Å²) in [5.74, 6) is -1.76. The van der Waals surface area contributed by atoms with Crippen LogP contribution in [-0.2, 0) is 19.1 Å². The number of unbranched alkanes of at least 4 members (excludes halogenated alkanes) is 3. The van der Waals surface area contributed by atoms with Crippen LogP contribution >= 0.6 is 0 Å². The van der Waals surface area contributed by atoms with Crippen LogP contribution < -0.4 is 0 Å². The fraction of sp³-hybridized carbons (Fsp3) is 0.636. The summed E-state index contributed by atoms with van der Waals surface area (Å²) in [6, 6.07) is 0. The van der Waals surface area contributed by atoms with Crippen molar-refractivity contribution < 1.29 is 24.2 Å². The average Bonchev–Trinajstić information content (AvgIpc) is 2.65. The van der Waals surface area contributed by atoms with Crippen molar-refractivity contribution in [1.82, 2.24) is 0 Å². The average molecular weight is 381 g/mol. The van der Waals surface area contributed by atoms with E-state index in [1.165, 1.54) is 5.57 Å². The molecule has 0 amide bonds. The van der Waals surface area contributed by atoms with Gasteiger partial charge in [0.2, 0.25) is 0 Å². The molecular formula is C22H36O5. The first kappa shape index (κ1) is 25.0. The molecule has 0 aliphatic rings. The number of carboxylic acids is 1. The van der Waals surface area contributed by atoms with Gasteiger partial charge in [0.1, 0.15) is 6.61 Å². The third kappa shape index (κ3) is 12.9. The number of hydrogen-bond donors (Lipinski definition) is 1. The van der Waals surface area contributed by atoms with Crippen molar-refractivity contribution in [2.24, 2.45) is 0 Å². The van der Waals surface area contributed by atoms with Gasteiger partial charge >= 0.3 is 11.9 Å². The number of carbonyl (C=O) groups excluding carboxylic acids is 1. The maximum atomic E-state index is 12.2. The molecule has 154 valence electrons. The third-order valence-electron chi connectivity index (χ3n) is 4.09. The Morgan fingerprint density at radius 2 is 1.74 bits per heavy atom. The van der Waals surface area contributed by atoms with Crippen molar-refractivity contribution in [3.8, 4) is 0 Å². The van der Waals surface area contributed by atoms with E-state index in [-0.39, 0.29) is 12.2 Å². The first-order valence-electron chi connectivity index (χ1n) is 10.1. The topological polar surface area (TPSA) is 72.8 Å². The number of hydrogen-bond acceptors (Lipinski definition) is 4. The minimum Gasteiger partial charge on any atom is -0.497 e. The van der Waals surface area contributed by atoms with Crippen molar-refractivity contribution >= 4 is 11.9 Å². The van der Waals surface area contributed by atoms with Gasteiger partial charge in [0, 0.05) is 11.6 Å². The highest BCUT2D eigenvalue weighted by Gasteiger charge is 2.16. The second-order valence-electron chi connectivity index (χ2n) is 6.44. The van der Waals surface area contributed by atoms with Crippen molar-refractivity contribution in [1.29, 1.82) is 0 Å². The van der Waals surface area contributed by atoms with Crippen LogP contribution in [0.2, 0.25) is 0 Å². The van der Waals surface area contributed by atoms with E-state index in [9.17, 15) is 9.59 Å². The van der Waals surface area contributed by atoms with Crippen LogP contribution in [0.5, 0.6) is 0 Å². The monoisotopic (exact) mass is 380 g/mol. The van der Waals surface area contributed by atoms with Crippen molar-refractivity contribution in [3.63, 3.8) is 0 Å². The molecule has 0 aromatic heterocycles. The molecule has 0 radical (unpaired) electrons. The highest BCUT2D eigenvalue weighted by Crippen LogP contribution is 2.13. The van der Waals surface area contributed by atoms with Crippen LogP contribution in [0.15, 0.2) is 35.6 Å². The predicted octanol–water partition coefficient (Wildman–Crippen LogP) is 5.57. The molecule has 0 spiro atoms. The number of esters is 1. The van der Waals surface area contributed by atoms with Crippen LogP contribution in [-0.4, -0.2) is 29.8 Å². The standard InChI is InChI=1S/C22H36O5/c1-5-9-11-12-14-20(17-26-16-18(7-3)13-10-6-2)27-22(25)19(8-4)15-21(23)24/h12,14-16,20H,5-11,13,17H2,1-4H3,(H,23,24)/b14-12?,18-16?,19-15-. The highest BCUT2D eigenvalue weighted by atomic mass is 16.6. The van der Waals surface area contributed by atoms with Gasteiger partial charge in [-0.15, -0.1) is 0 Å². The fourth-order valence-corrected chi connectivity index (χ4v) is 2.35. The molecule has 0 aromatic rings. The molecule has 0 aromatic carbocycles. The van der Waals surface area contributed by atoms with Crippen LogP contribution in [0.4, 0.5) is 0 Å². The second kappa shape index (κ2) is 16.2. The van der Waals surface area contributed by atoms with Gasteiger partial charge in [-0.2, -0.15) is 0 Å². The molecule has 0 saturated carbocycles. The summed E-state index contributed by atoms with van der Waals surface area (Å²) in [4.78, 5) is 23.1. The van der Waals surface area contributed by atoms with E-state index in [1.807, 2.05) is 12.2 Å². The maximum Gasteiger partial charge on any atom is 0.334 e. The zero-order valence-electron chi connectivity index (χ0n) is 17.3. The Morgan fingerprint density at radius 3 is 2.30 bits per heavy atom. The van der Waals surface area contributed by atoms with Crippen molar-refractivity contribution in [3.05, 3.63) is 35.6 Å². The summed E-state index contributed by atoms with van der Waals surface area (Å²) < 4.78 is 11.1. The van der Waals surface area contributed by atoms with E-state index in [0.29, 0.717) is 6.42 Å². The Hall–Kier alpha value is -2.04. The normalized spacial score (nSPS) is 13.6. The molecule has 0 fully saturated rings. The van der Waals surface area contributed by atoms with Crippen molar-refractivity contribution in [2.75, 3.05) is 6.61 Å². The lowest BCUT2D eigenvalue weighted by atomic mass is 10.1. The number of aliphatic carboxylic acids is 1. The summed E-state index contributed by atoms with van der Waals surface area (Å²) >= 11 is 0. The molecule has 0 bridgehead atoms. The molecule has 0 rings (SSSR count). The minimum absolute atomic E-state index is 0.141. The molecule has 0 aliphatic heterocycles.